The highest BCUT2D eigenvalue weighted by atomic mass is 32.1. The van der Waals surface area contributed by atoms with E-state index in [2.05, 4.69) is 52.7 Å². The third kappa shape index (κ3) is 10.2. The summed E-state index contributed by atoms with van der Waals surface area (Å²) in [6.07, 6.45) is 1.78. The lowest BCUT2D eigenvalue weighted by Crippen LogP contribution is -2.33. The van der Waals surface area contributed by atoms with E-state index in [0.29, 0.717) is 86.4 Å². The van der Waals surface area contributed by atoms with Crippen LogP contribution in [0.2, 0.25) is 0 Å². The second-order valence-corrected chi connectivity index (χ2v) is 26.5. The molecule has 0 radical (unpaired) electrons. The largest absolute Gasteiger partial charge is 0.508 e. The smallest absolute Gasteiger partial charge is 0.340 e. The van der Waals surface area contributed by atoms with E-state index in [1.165, 1.54) is 72.8 Å². The van der Waals surface area contributed by atoms with Gasteiger partial charge in [-0.25, -0.2) is 14.4 Å². The van der Waals surface area contributed by atoms with E-state index in [-0.39, 0.29) is 121 Å². The fourth-order valence-corrected chi connectivity index (χ4v) is 16.0. The maximum atomic E-state index is 14.1. The lowest BCUT2D eigenvalue weighted by Gasteiger charge is -2.36. The highest BCUT2D eigenvalue weighted by Gasteiger charge is 2.57. The van der Waals surface area contributed by atoms with Crippen LogP contribution in [0.5, 0.6) is 69.0 Å². The zero-order chi connectivity index (χ0) is 70.8. The molecule has 0 amide bonds. The number of carbonyl (C=O) groups excluding carboxylic acids is 3. The number of hydrogen-bond acceptors (Lipinski definition) is 18. The van der Waals surface area contributed by atoms with E-state index in [4.69, 9.17) is 65.1 Å². The molecule has 0 fully saturated rings. The number of benzene rings is 10. The molecule has 3 spiro atoms. The molecule has 6 aliphatic heterocycles. The van der Waals surface area contributed by atoms with Gasteiger partial charge in [0.1, 0.15) is 69.0 Å². The average Bonchev–Trinajstić information content (AvgIpc) is 1.49. The van der Waals surface area contributed by atoms with Crippen molar-refractivity contribution in [2.45, 2.75) is 76.5 Å². The number of thiocarbonyl (C=S) groups is 3. The quantitative estimate of drug-likeness (QED) is 0.0307. The monoisotopic (exact) mass is 1420 g/mol. The third-order valence-electron chi connectivity index (χ3n) is 19.6. The first-order valence-electron chi connectivity index (χ1n) is 32.7. The summed E-state index contributed by atoms with van der Waals surface area (Å²) in [5, 5.41) is 83.9. The Labute approximate surface area is 598 Å². The standard InChI is InChI=1S/C78H60N6O15S3/c1-4-46-52(34-79-73(100)82-37-7-16-55-49(25-37)70(91)97-76(55)58-19-10-40(85)28-64(58)94-65-29-41(86)11-20-59(65)76)47(5-2)54(36-81-75(102)84-39-9-18-57-51(27-39)72(93)99-78(57)62-23-14-44(89)32-68(62)96-69-33-45(90)15-24-63(69)78)48(6-3)53(46)35-80-74(101)83-38-8-17-56-50(26-38)71(92)98-77(56)60-21-12-42(87)30-66(60)95-67-31-43(88)13-22-61(67)77/h7-33,85-90H,4-6,34-36H2,1-3H3,(H2,79,82,100)(H2,80,83,101)(H2,81,84,102). The molecule has 21 nitrogen and oxygen atoms in total. The van der Waals surface area contributed by atoms with Gasteiger partial charge >= 0.3 is 17.9 Å². The molecular weight excluding hydrogens is 1360 g/mol. The van der Waals surface area contributed by atoms with Crippen LogP contribution in [0.1, 0.15) is 135 Å². The van der Waals surface area contributed by atoms with Crippen LogP contribution < -0.4 is 46.1 Å². The van der Waals surface area contributed by atoms with E-state index in [1.54, 1.807) is 91.0 Å². The molecule has 0 bridgehead atoms. The number of rotatable bonds is 12. The summed E-state index contributed by atoms with van der Waals surface area (Å²) in [6, 6.07) is 43.2. The summed E-state index contributed by atoms with van der Waals surface area (Å²) in [5.41, 5.74) is 8.45. The fourth-order valence-electron chi connectivity index (χ4n) is 15.4. The van der Waals surface area contributed by atoms with Crippen molar-refractivity contribution in [3.63, 3.8) is 0 Å². The number of nitrogens with one attached hydrogen (secondary N) is 6. The zero-order valence-corrected chi connectivity index (χ0v) is 56.9. The Morgan fingerprint density at radius 3 is 0.745 bits per heavy atom. The lowest BCUT2D eigenvalue weighted by molar-refractivity contribution is 0.0214. The molecule has 510 valence electrons. The number of phenolic OH excluding ortho intramolecular Hbond substituents is 6. The summed E-state index contributed by atoms with van der Waals surface area (Å²) in [5.74, 6) is -0.645. The first-order chi connectivity index (χ1) is 49.2. The normalized spacial score (nSPS) is 14.8. The molecule has 0 saturated carbocycles. The molecule has 0 atom stereocenters. The number of fused-ring (bicyclic) bond motifs is 18. The van der Waals surface area contributed by atoms with Gasteiger partial charge in [0.05, 0.1) is 16.7 Å². The Kier molecular flexibility index (Phi) is 15.4. The van der Waals surface area contributed by atoms with Crippen LogP contribution in [-0.4, -0.2) is 63.9 Å². The minimum atomic E-state index is -1.46. The molecule has 12 N–H and O–H groups in total. The molecule has 10 aromatic rings. The summed E-state index contributed by atoms with van der Waals surface area (Å²) < 4.78 is 37.5. The van der Waals surface area contributed by atoms with Gasteiger partial charge in [0.15, 0.2) is 32.1 Å². The SMILES string of the molecule is CCc1c(CNC(=S)Nc2ccc3c(c2)C(=O)OC32c3ccc(O)cc3Oc3cc(O)ccc32)c(CC)c(CNC(=S)Nc2ccc3c(c2)C(=O)OC32c3ccc(O)cc3Oc3cc(O)ccc32)c(CC)c1CNC(=S)Nc1ccc2c(c1)C(=O)OC21c2ccc(O)cc2Oc2cc(O)ccc21. The number of hydrogen-bond donors (Lipinski definition) is 12. The molecule has 102 heavy (non-hydrogen) atoms. The summed E-state index contributed by atoms with van der Waals surface area (Å²) >= 11 is 18.2. The summed E-state index contributed by atoms with van der Waals surface area (Å²) in [7, 11) is 0. The third-order valence-corrected chi connectivity index (χ3v) is 20.4. The molecule has 6 heterocycles. The Bertz CT molecular complexity index is 4690. The van der Waals surface area contributed by atoms with Crippen LogP contribution in [0.4, 0.5) is 17.1 Å². The zero-order valence-electron chi connectivity index (χ0n) is 54.4. The first kappa shape index (κ1) is 64.5. The molecule has 0 aliphatic carbocycles. The highest BCUT2D eigenvalue weighted by molar-refractivity contribution is 7.80. The second-order valence-electron chi connectivity index (χ2n) is 25.2. The predicted octanol–water partition coefficient (Wildman–Crippen LogP) is 13.8. The Morgan fingerprint density at radius 2 is 0.529 bits per heavy atom. The van der Waals surface area contributed by atoms with Crippen LogP contribution in [0.3, 0.4) is 0 Å². The van der Waals surface area contributed by atoms with Crippen LogP contribution in [0.25, 0.3) is 0 Å². The molecular formula is C78H60N6O15S3. The van der Waals surface area contributed by atoms with Gasteiger partial charge in [-0.15, -0.1) is 0 Å². The van der Waals surface area contributed by atoms with Gasteiger partial charge in [0.2, 0.25) is 0 Å². The van der Waals surface area contributed by atoms with Crippen molar-refractivity contribution >= 4 is 87.0 Å². The van der Waals surface area contributed by atoms with Crippen molar-refractivity contribution in [2.24, 2.45) is 0 Å². The molecule has 0 unspecified atom stereocenters. The number of carbonyl (C=O) groups is 3. The van der Waals surface area contributed by atoms with Crippen LogP contribution in [-0.2, 0) is 69.9 Å². The van der Waals surface area contributed by atoms with E-state index in [0.717, 1.165) is 33.4 Å². The van der Waals surface area contributed by atoms with E-state index in [9.17, 15) is 45.0 Å². The van der Waals surface area contributed by atoms with Crippen LogP contribution in [0, 0.1) is 0 Å². The molecule has 10 aromatic carbocycles. The van der Waals surface area contributed by atoms with Crippen molar-refractivity contribution in [3.8, 4) is 69.0 Å². The van der Waals surface area contributed by atoms with Gasteiger partial charge in [0, 0.05) is 123 Å². The topological polar surface area (TPSA) is 300 Å². The van der Waals surface area contributed by atoms with Crippen LogP contribution in [0.15, 0.2) is 164 Å². The molecule has 6 aliphatic rings. The summed E-state index contributed by atoms with van der Waals surface area (Å²) in [6.45, 7) is 7.02. The van der Waals surface area contributed by atoms with E-state index in [1.807, 2.05) is 0 Å². The van der Waals surface area contributed by atoms with Gasteiger partial charge in [-0.05, 0) is 198 Å². The second kappa shape index (κ2) is 24.4. The van der Waals surface area contributed by atoms with Gasteiger partial charge in [0.25, 0.3) is 0 Å². The Balaban J connectivity index is 0.692. The number of aromatic hydroxyl groups is 6. The van der Waals surface area contributed by atoms with Gasteiger partial charge in [-0.2, -0.15) is 0 Å². The van der Waals surface area contributed by atoms with E-state index < -0.39 is 34.7 Å². The Hall–Kier alpha value is -12.1. The number of phenols is 6. The fraction of sp³-hybridized carbons (Fsp3) is 0.154. The maximum Gasteiger partial charge on any atom is 0.340 e. The van der Waals surface area contributed by atoms with Crippen molar-refractivity contribution < 1.29 is 73.4 Å². The molecule has 0 aromatic heterocycles. The van der Waals surface area contributed by atoms with Crippen molar-refractivity contribution in [1.29, 1.82) is 0 Å². The van der Waals surface area contributed by atoms with Gasteiger partial charge in [-0.3, -0.25) is 0 Å². The number of esters is 3. The van der Waals surface area contributed by atoms with E-state index >= 15 is 0 Å². The van der Waals surface area contributed by atoms with Crippen molar-refractivity contribution in [3.05, 3.63) is 264 Å². The van der Waals surface area contributed by atoms with Gasteiger partial charge in [-0.1, -0.05) is 39.0 Å². The van der Waals surface area contributed by atoms with Crippen molar-refractivity contribution in [2.75, 3.05) is 16.0 Å². The van der Waals surface area contributed by atoms with Crippen molar-refractivity contribution in [1.82, 2.24) is 16.0 Å². The molecule has 16 rings (SSSR count). The van der Waals surface area contributed by atoms with Gasteiger partial charge < -0.3 is 91.0 Å². The average molecular weight is 1420 g/mol. The highest BCUT2D eigenvalue weighted by Crippen LogP contribution is 2.61. The van der Waals surface area contributed by atoms with Crippen LogP contribution >= 0.6 is 36.7 Å². The summed E-state index contributed by atoms with van der Waals surface area (Å²) in [4.78, 5) is 42.3. The first-order valence-corrected chi connectivity index (χ1v) is 33.9. The minimum Gasteiger partial charge on any atom is -0.508 e. The number of ether oxygens (including phenoxy) is 6. The lowest BCUT2D eigenvalue weighted by atomic mass is 9.77. The Morgan fingerprint density at radius 1 is 0.314 bits per heavy atom. The number of anilines is 3. The molecule has 0 saturated heterocycles. The maximum absolute atomic E-state index is 14.1. The minimum absolute atomic E-state index is 0.0601. The molecule has 24 heteroatoms. The predicted molar refractivity (Wildman–Crippen MR) is 388 cm³/mol.